The van der Waals surface area contributed by atoms with E-state index in [1.807, 2.05) is 12.1 Å². The van der Waals surface area contributed by atoms with Gasteiger partial charge in [-0.15, -0.1) is 11.3 Å². The van der Waals surface area contributed by atoms with E-state index in [1.165, 1.54) is 0 Å². The number of fused-ring (bicyclic) bond motifs is 1. The van der Waals surface area contributed by atoms with Crippen molar-refractivity contribution < 1.29 is 15.0 Å². The lowest BCUT2D eigenvalue weighted by Crippen LogP contribution is -2.04. The van der Waals surface area contributed by atoms with Crippen molar-refractivity contribution >= 4 is 27.4 Å². The number of aromatic nitrogens is 1. The number of hydrogen-bond acceptors (Lipinski definition) is 3. The van der Waals surface area contributed by atoms with E-state index in [4.69, 9.17) is 5.11 Å². The quantitative estimate of drug-likeness (QED) is 0.753. The minimum absolute atomic E-state index is 0.231. The summed E-state index contributed by atoms with van der Waals surface area (Å²) in [6.07, 6.45) is 0. The van der Waals surface area contributed by atoms with Crippen LogP contribution in [0, 0.1) is 0 Å². The van der Waals surface area contributed by atoms with Gasteiger partial charge in [-0.1, -0.05) is 0 Å². The Balaban J connectivity index is 2.16. The maximum Gasteiger partial charge on any atom is 0.352 e. The number of hydrogen-bond donors (Lipinski definition) is 2. The van der Waals surface area contributed by atoms with Crippen molar-refractivity contribution in [1.29, 1.82) is 0 Å². The van der Waals surface area contributed by atoms with Crippen LogP contribution in [0.1, 0.15) is 10.5 Å². The molecule has 0 aliphatic rings. The predicted octanol–water partition coefficient (Wildman–Crippen LogP) is 3.31. The number of rotatable bonds is 2. The zero-order valence-corrected chi connectivity index (χ0v) is 10.9. The van der Waals surface area contributed by atoms with Gasteiger partial charge < -0.3 is 14.8 Å². The molecule has 3 rings (SSSR count). The van der Waals surface area contributed by atoms with Crippen LogP contribution in [-0.4, -0.2) is 20.7 Å². The van der Waals surface area contributed by atoms with Gasteiger partial charge in [0, 0.05) is 11.7 Å². The van der Waals surface area contributed by atoms with Crippen LogP contribution in [-0.2, 0) is 7.05 Å². The number of thiophene rings is 1. The number of phenols is 1. The highest BCUT2D eigenvalue weighted by molar-refractivity contribution is 7.22. The summed E-state index contributed by atoms with van der Waals surface area (Å²) in [5.41, 5.74) is 1.12. The van der Waals surface area contributed by atoms with Gasteiger partial charge in [0.05, 0.1) is 10.6 Å². The van der Waals surface area contributed by atoms with E-state index in [-0.39, 0.29) is 11.4 Å². The fraction of sp³-hybridized carbons (Fsp3) is 0.0714. The van der Waals surface area contributed by atoms with Crippen LogP contribution in [0.3, 0.4) is 0 Å². The van der Waals surface area contributed by atoms with Crippen LogP contribution >= 0.6 is 11.3 Å². The van der Waals surface area contributed by atoms with Crippen molar-refractivity contribution in [3.63, 3.8) is 0 Å². The molecule has 0 fully saturated rings. The van der Waals surface area contributed by atoms with Crippen molar-refractivity contribution in [2.24, 2.45) is 7.05 Å². The maximum atomic E-state index is 11.0. The number of nitrogens with zero attached hydrogens (tertiary/aromatic N) is 1. The first-order valence-electron chi connectivity index (χ1n) is 5.68. The smallest absolute Gasteiger partial charge is 0.352 e. The molecule has 4 nitrogen and oxygen atoms in total. The zero-order valence-electron chi connectivity index (χ0n) is 10.1. The molecule has 19 heavy (non-hydrogen) atoms. The molecule has 0 amide bonds. The molecule has 2 aromatic heterocycles. The standard InChI is InChI=1S/C14H11NO3S/c1-15-10(3-4-11(15)14(17)18)13-7-8-6-9(16)2-5-12(8)19-13/h2-7,16H,1H3,(H,17,18). The zero-order chi connectivity index (χ0) is 13.6. The summed E-state index contributed by atoms with van der Waals surface area (Å²) in [4.78, 5) is 12.0. The Bertz CT molecular complexity index is 785. The molecule has 0 aliphatic carbocycles. The number of carbonyl (C=O) groups is 1. The highest BCUT2D eigenvalue weighted by atomic mass is 32.1. The summed E-state index contributed by atoms with van der Waals surface area (Å²) < 4.78 is 2.72. The van der Waals surface area contributed by atoms with Crippen molar-refractivity contribution in [2.45, 2.75) is 0 Å². The van der Waals surface area contributed by atoms with E-state index in [9.17, 15) is 9.90 Å². The third kappa shape index (κ3) is 1.88. The van der Waals surface area contributed by atoms with Crippen molar-refractivity contribution in [3.05, 3.63) is 42.1 Å². The van der Waals surface area contributed by atoms with Crippen LogP contribution < -0.4 is 0 Å². The molecule has 5 heteroatoms. The highest BCUT2D eigenvalue weighted by Gasteiger charge is 2.14. The van der Waals surface area contributed by atoms with E-state index in [1.54, 1.807) is 47.2 Å². The normalized spacial score (nSPS) is 11.0. The molecular formula is C14H11NO3S. The third-order valence-electron chi connectivity index (χ3n) is 3.09. The van der Waals surface area contributed by atoms with Gasteiger partial charge in [0.15, 0.2) is 0 Å². The average Bonchev–Trinajstić information content (AvgIpc) is 2.91. The Morgan fingerprint density at radius 3 is 2.68 bits per heavy atom. The summed E-state index contributed by atoms with van der Waals surface area (Å²) in [7, 11) is 1.74. The van der Waals surface area contributed by atoms with Crippen LogP contribution in [0.4, 0.5) is 0 Å². The molecule has 2 heterocycles. The van der Waals surface area contributed by atoms with Gasteiger partial charge in [-0.25, -0.2) is 4.79 Å². The number of carboxylic acids is 1. The average molecular weight is 273 g/mol. The summed E-state index contributed by atoms with van der Waals surface area (Å²) in [6, 6.07) is 10.6. The van der Waals surface area contributed by atoms with Gasteiger partial charge in [-0.3, -0.25) is 0 Å². The Morgan fingerprint density at radius 1 is 1.21 bits per heavy atom. The molecule has 0 bridgehead atoms. The topological polar surface area (TPSA) is 62.5 Å². The molecule has 0 saturated heterocycles. The fourth-order valence-electron chi connectivity index (χ4n) is 2.13. The monoisotopic (exact) mass is 273 g/mol. The SMILES string of the molecule is Cn1c(C(=O)O)ccc1-c1cc2cc(O)ccc2s1. The molecule has 0 radical (unpaired) electrons. The lowest BCUT2D eigenvalue weighted by atomic mass is 10.2. The molecule has 0 spiro atoms. The molecule has 96 valence electrons. The molecular weight excluding hydrogens is 262 g/mol. The molecule has 2 N–H and O–H groups in total. The number of aromatic hydroxyl groups is 1. The molecule has 0 unspecified atom stereocenters. The van der Waals surface area contributed by atoms with Gasteiger partial charge in [0.1, 0.15) is 11.4 Å². The minimum atomic E-state index is -0.937. The summed E-state index contributed by atoms with van der Waals surface area (Å²) >= 11 is 1.57. The second kappa shape index (κ2) is 4.13. The third-order valence-corrected chi connectivity index (χ3v) is 4.23. The van der Waals surface area contributed by atoms with Crippen LogP contribution in [0.25, 0.3) is 20.7 Å². The van der Waals surface area contributed by atoms with E-state index in [0.717, 1.165) is 20.7 Å². The van der Waals surface area contributed by atoms with E-state index >= 15 is 0 Å². The van der Waals surface area contributed by atoms with E-state index in [2.05, 4.69) is 0 Å². The predicted molar refractivity (Wildman–Crippen MR) is 74.9 cm³/mol. The molecule has 0 aliphatic heterocycles. The van der Waals surface area contributed by atoms with Crippen molar-refractivity contribution in [2.75, 3.05) is 0 Å². The Morgan fingerprint density at radius 2 is 2.00 bits per heavy atom. The van der Waals surface area contributed by atoms with Gasteiger partial charge in [-0.05, 0) is 41.8 Å². The number of phenolic OH excluding ortho intramolecular Hbond substituents is 1. The van der Waals surface area contributed by atoms with Gasteiger partial charge in [0.25, 0.3) is 0 Å². The van der Waals surface area contributed by atoms with Gasteiger partial charge in [0.2, 0.25) is 0 Å². The van der Waals surface area contributed by atoms with Gasteiger partial charge >= 0.3 is 5.97 Å². The molecule has 0 atom stereocenters. The second-order valence-electron chi connectivity index (χ2n) is 4.30. The van der Waals surface area contributed by atoms with E-state index < -0.39 is 5.97 Å². The van der Waals surface area contributed by atoms with Crippen molar-refractivity contribution in [3.8, 4) is 16.3 Å². The fourth-order valence-corrected chi connectivity index (χ4v) is 3.23. The van der Waals surface area contributed by atoms with Gasteiger partial charge in [-0.2, -0.15) is 0 Å². The highest BCUT2D eigenvalue weighted by Crippen LogP contribution is 2.35. The lowest BCUT2D eigenvalue weighted by Gasteiger charge is -2.02. The first-order valence-corrected chi connectivity index (χ1v) is 6.50. The lowest BCUT2D eigenvalue weighted by molar-refractivity contribution is 0.0687. The minimum Gasteiger partial charge on any atom is -0.508 e. The maximum absolute atomic E-state index is 11.0. The summed E-state index contributed by atoms with van der Waals surface area (Å²) in [5.74, 6) is -0.706. The van der Waals surface area contributed by atoms with E-state index in [0.29, 0.717) is 0 Å². The largest absolute Gasteiger partial charge is 0.508 e. The molecule has 0 saturated carbocycles. The first kappa shape index (κ1) is 11.8. The van der Waals surface area contributed by atoms with Crippen LogP contribution in [0.15, 0.2) is 36.4 Å². The number of aromatic carboxylic acids is 1. The Kier molecular flexibility index (Phi) is 2.57. The van der Waals surface area contributed by atoms with Crippen molar-refractivity contribution in [1.82, 2.24) is 4.57 Å². The summed E-state index contributed by atoms with van der Waals surface area (Å²) in [6.45, 7) is 0. The first-order chi connectivity index (χ1) is 9.06. The van der Waals surface area contributed by atoms with Crippen LogP contribution in [0.2, 0.25) is 0 Å². The second-order valence-corrected chi connectivity index (χ2v) is 5.38. The number of benzene rings is 1. The Labute approximate surface area is 113 Å². The summed E-state index contributed by atoms with van der Waals surface area (Å²) in [5, 5.41) is 19.5. The molecule has 1 aromatic carbocycles. The molecule has 3 aromatic rings. The van der Waals surface area contributed by atoms with Crippen LogP contribution in [0.5, 0.6) is 5.75 Å². The number of carboxylic acid groups (broad SMARTS) is 1. The Hall–Kier alpha value is -2.27.